The number of ether oxygens (including phenoxy) is 1. The van der Waals surface area contributed by atoms with E-state index in [2.05, 4.69) is 93.7 Å². The molecule has 42 heavy (non-hydrogen) atoms. The zero-order valence-corrected chi connectivity index (χ0v) is 28.0. The second-order valence-electron chi connectivity index (χ2n) is 14.7. The number of piperidine rings is 1. The summed E-state index contributed by atoms with van der Waals surface area (Å²) < 4.78 is 12.8. The summed E-state index contributed by atoms with van der Waals surface area (Å²) in [6, 6.07) is 21.5. The molecule has 1 spiro atoms. The maximum atomic E-state index is 13.3. The molecule has 1 aliphatic carbocycles. The fraction of sp³-hybridized carbons (Fsp3) is 0.611. The van der Waals surface area contributed by atoms with Gasteiger partial charge in [-0.25, -0.2) is 0 Å². The second kappa shape index (κ2) is 13.2. The van der Waals surface area contributed by atoms with Crippen molar-refractivity contribution >= 4 is 30.4 Å². The number of carbonyl (C=O) groups excluding carboxylic acids is 2. The van der Waals surface area contributed by atoms with Gasteiger partial charge in [-0.1, -0.05) is 94.8 Å². The van der Waals surface area contributed by atoms with Crippen molar-refractivity contribution < 1.29 is 18.8 Å². The van der Waals surface area contributed by atoms with Gasteiger partial charge in [-0.15, -0.1) is 0 Å². The zero-order chi connectivity index (χ0) is 30.6. The van der Waals surface area contributed by atoms with Crippen molar-refractivity contribution in [2.45, 2.75) is 122 Å². The van der Waals surface area contributed by atoms with Gasteiger partial charge in [0.15, 0.2) is 0 Å². The molecule has 2 aliphatic rings. The first-order valence-corrected chi connectivity index (χ1v) is 18.0. The van der Waals surface area contributed by atoms with Gasteiger partial charge >= 0.3 is 5.97 Å². The van der Waals surface area contributed by atoms with Crippen LogP contribution in [-0.4, -0.2) is 43.9 Å². The third-order valence-corrected chi connectivity index (χ3v) is 14.5. The highest BCUT2D eigenvalue weighted by atomic mass is 28.4. The Morgan fingerprint density at radius 2 is 1.43 bits per heavy atom. The van der Waals surface area contributed by atoms with Crippen molar-refractivity contribution in [3.05, 3.63) is 60.7 Å². The Hall–Kier alpha value is -2.28. The van der Waals surface area contributed by atoms with Gasteiger partial charge in [0.25, 0.3) is 8.32 Å². The van der Waals surface area contributed by atoms with Crippen LogP contribution in [0.15, 0.2) is 60.7 Å². The quantitative estimate of drug-likeness (QED) is 0.250. The molecule has 6 heteroatoms. The van der Waals surface area contributed by atoms with Gasteiger partial charge in [-0.3, -0.25) is 9.59 Å². The third kappa shape index (κ3) is 7.26. The number of esters is 1. The van der Waals surface area contributed by atoms with Crippen LogP contribution >= 0.6 is 0 Å². The Morgan fingerprint density at radius 3 is 1.95 bits per heavy atom. The predicted octanol–water partition coefficient (Wildman–Crippen LogP) is 6.57. The second-order valence-corrected chi connectivity index (χ2v) is 19.1. The van der Waals surface area contributed by atoms with Gasteiger partial charge in [0.05, 0.1) is 12.5 Å². The van der Waals surface area contributed by atoms with E-state index in [1.807, 2.05) is 20.8 Å². The average molecular weight is 592 g/mol. The molecular formula is C36H53NO4Si. The number of ketones is 1. The molecule has 0 aromatic heterocycles. The van der Waals surface area contributed by atoms with Crippen molar-refractivity contribution in [3.8, 4) is 0 Å². The lowest BCUT2D eigenvalue weighted by Gasteiger charge is -2.47. The van der Waals surface area contributed by atoms with Crippen molar-refractivity contribution in [3.63, 3.8) is 0 Å². The number of rotatable bonds is 10. The molecule has 2 aromatic carbocycles. The van der Waals surface area contributed by atoms with Crippen LogP contribution in [0.3, 0.4) is 0 Å². The first-order valence-electron chi connectivity index (χ1n) is 16.0. The molecule has 1 saturated carbocycles. The van der Waals surface area contributed by atoms with E-state index in [0.717, 1.165) is 32.1 Å². The highest BCUT2D eigenvalue weighted by Gasteiger charge is 2.52. The summed E-state index contributed by atoms with van der Waals surface area (Å²) >= 11 is 0. The Labute approximate surface area is 255 Å². The van der Waals surface area contributed by atoms with E-state index in [1.165, 1.54) is 16.8 Å². The summed E-state index contributed by atoms with van der Waals surface area (Å²) in [5.41, 5.74) is -0.574. The SMILES string of the molecule is C[C@@H](CO[Si](c1ccccc1)(c1ccccc1)C(C)(C)C)[C@H]1CCC[C@]12CCC[C@H](C(=O)CCC(=O)OC(C)(C)C)N2. The van der Waals surface area contributed by atoms with Gasteiger partial charge in [-0.05, 0) is 80.1 Å². The van der Waals surface area contributed by atoms with Crippen LogP contribution in [0.4, 0.5) is 0 Å². The van der Waals surface area contributed by atoms with E-state index < -0.39 is 13.9 Å². The van der Waals surface area contributed by atoms with Gasteiger partial charge in [-0.2, -0.15) is 0 Å². The van der Waals surface area contributed by atoms with Gasteiger partial charge in [0.2, 0.25) is 0 Å². The zero-order valence-electron chi connectivity index (χ0n) is 27.0. The lowest BCUT2D eigenvalue weighted by molar-refractivity contribution is -0.155. The predicted molar refractivity (Wildman–Crippen MR) is 174 cm³/mol. The lowest BCUT2D eigenvalue weighted by Crippen LogP contribution is -2.67. The molecule has 4 atom stereocenters. The van der Waals surface area contributed by atoms with Crippen LogP contribution in [-0.2, 0) is 18.8 Å². The van der Waals surface area contributed by atoms with E-state index in [-0.39, 0.29) is 41.2 Å². The van der Waals surface area contributed by atoms with Crippen molar-refractivity contribution in [2.75, 3.05) is 6.61 Å². The summed E-state index contributed by atoms with van der Waals surface area (Å²) in [6.45, 7) is 15.6. The Balaban J connectivity index is 1.50. The van der Waals surface area contributed by atoms with E-state index in [1.54, 1.807) is 0 Å². The van der Waals surface area contributed by atoms with E-state index in [9.17, 15) is 9.59 Å². The standard InChI is InChI=1S/C36H53NO4Si/c1-27(26-40-42(35(5,6)7,28-16-10-8-11-17-28)29-18-12-9-13-19-29)30-20-14-24-36(30)25-15-21-31(37-36)32(38)22-23-33(39)41-34(2,3)4/h8-13,16-19,27,30-31,37H,14-15,20-26H2,1-7H3/t27-,30+,31+,36-/m0/s1. The fourth-order valence-electron chi connectivity index (χ4n) is 7.70. The van der Waals surface area contributed by atoms with Crippen molar-refractivity contribution in [2.24, 2.45) is 11.8 Å². The molecule has 2 fully saturated rings. The molecule has 4 rings (SSSR count). The summed E-state index contributed by atoms with van der Waals surface area (Å²) in [5, 5.41) is 6.44. The van der Waals surface area contributed by atoms with Gasteiger partial charge in [0.1, 0.15) is 11.4 Å². The molecule has 1 saturated heterocycles. The highest BCUT2D eigenvalue weighted by Crippen LogP contribution is 2.47. The van der Waals surface area contributed by atoms with Crippen LogP contribution < -0.4 is 15.7 Å². The van der Waals surface area contributed by atoms with Crippen molar-refractivity contribution in [1.29, 1.82) is 0 Å². The number of nitrogens with one attached hydrogen (secondary N) is 1. The minimum Gasteiger partial charge on any atom is -0.460 e. The van der Waals surface area contributed by atoms with Gasteiger partial charge < -0.3 is 14.5 Å². The Kier molecular flexibility index (Phi) is 10.2. The molecule has 1 heterocycles. The first-order chi connectivity index (χ1) is 19.8. The van der Waals surface area contributed by atoms with Crippen LogP contribution in [0.1, 0.15) is 99.8 Å². The lowest BCUT2D eigenvalue weighted by atomic mass is 9.72. The van der Waals surface area contributed by atoms with Crippen LogP contribution in [0.5, 0.6) is 0 Å². The molecular weight excluding hydrogens is 538 g/mol. The smallest absolute Gasteiger partial charge is 0.306 e. The number of hydrogen-bond donors (Lipinski definition) is 1. The summed E-state index contributed by atoms with van der Waals surface area (Å²) in [7, 11) is -2.61. The highest BCUT2D eigenvalue weighted by molar-refractivity contribution is 6.99. The molecule has 0 unspecified atom stereocenters. The van der Waals surface area contributed by atoms with E-state index in [0.29, 0.717) is 18.4 Å². The molecule has 0 amide bonds. The van der Waals surface area contributed by atoms with Crippen LogP contribution in [0.2, 0.25) is 5.04 Å². The number of carbonyl (C=O) groups is 2. The maximum absolute atomic E-state index is 13.3. The topological polar surface area (TPSA) is 64.6 Å². The minimum absolute atomic E-state index is 0.0429. The normalized spacial score (nSPS) is 24.0. The third-order valence-electron chi connectivity index (χ3n) is 9.48. The van der Waals surface area contributed by atoms with E-state index >= 15 is 0 Å². The first kappa shape index (κ1) is 32.6. The molecule has 2 aromatic rings. The Morgan fingerprint density at radius 1 is 0.881 bits per heavy atom. The summed E-state index contributed by atoms with van der Waals surface area (Å²) in [5.74, 6) is 0.630. The molecule has 0 radical (unpaired) electrons. The average Bonchev–Trinajstić information content (AvgIpc) is 3.33. The largest absolute Gasteiger partial charge is 0.460 e. The molecule has 0 bridgehead atoms. The number of benzene rings is 2. The molecule has 1 aliphatic heterocycles. The fourth-order valence-corrected chi connectivity index (χ4v) is 12.4. The summed E-state index contributed by atoms with van der Waals surface area (Å²) in [6.07, 6.45) is 6.77. The number of hydrogen-bond acceptors (Lipinski definition) is 5. The van der Waals surface area contributed by atoms with E-state index in [4.69, 9.17) is 9.16 Å². The van der Waals surface area contributed by atoms with Crippen molar-refractivity contribution in [1.82, 2.24) is 5.32 Å². The molecule has 230 valence electrons. The Bertz CT molecular complexity index is 1150. The number of Topliss-reactive ketones (excluding diaryl/α,β-unsaturated/α-hetero) is 1. The van der Waals surface area contributed by atoms with Crippen LogP contribution in [0.25, 0.3) is 0 Å². The molecule has 1 N–H and O–H groups in total. The molecule has 5 nitrogen and oxygen atoms in total. The van der Waals surface area contributed by atoms with Crippen LogP contribution in [0, 0.1) is 11.8 Å². The summed E-state index contributed by atoms with van der Waals surface area (Å²) in [4.78, 5) is 25.5. The monoisotopic (exact) mass is 591 g/mol. The maximum Gasteiger partial charge on any atom is 0.306 e. The minimum atomic E-state index is -2.61. The van der Waals surface area contributed by atoms with Gasteiger partial charge in [0, 0.05) is 18.6 Å².